The summed E-state index contributed by atoms with van der Waals surface area (Å²) in [5.41, 5.74) is 0. The van der Waals surface area contributed by atoms with Gasteiger partial charge in [0.2, 0.25) is 5.91 Å². The fraction of sp³-hybridized carbons (Fsp3) is 0.773. The van der Waals surface area contributed by atoms with Crippen LogP contribution >= 0.6 is 11.3 Å². The van der Waals surface area contributed by atoms with Gasteiger partial charge in [0.15, 0.2) is 0 Å². The first kappa shape index (κ1) is 22.2. The van der Waals surface area contributed by atoms with Crippen molar-refractivity contribution in [1.29, 1.82) is 0 Å². The van der Waals surface area contributed by atoms with Gasteiger partial charge in [-0.15, -0.1) is 11.3 Å². The molecule has 30 heavy (non-hydrogen) atoms. The third-order valence-electron chi connectivity index (χ3n) is 6.89. The van der Waals surface area contributed by atoms with Crippen molar-refractivity contribution in [3.05, 3.63) is 17.0 Å². The topological polar surface area (TPSA) is 60.9 Å². The molecule has 3 aliphatic rings. The van der Waals surface area contributed by atoms with E-state index in [1.165, 1.54) is 43.7 Å². The molecular formula is C22H35N3O3S2. The molecule has 0 aromatic carbocycles. The predicted octanol–water partition coefficient (Wildman–Crippen LogP) is 3.05. The van der Waals surface area contributed by atoms with Gasteiger partial charge in [0.1, 0.15) is 4.21 Å². The highest BCUT2D eigenvalue weighted by Crippen LogP contribution is 2.28. The van der Waals surface area contributed by atoms with Crippen molar-refractivity contribution in [1.82, 2.24) is 14.1 Å². The standard InChI is InChI=1S/C22H35N3O3S2/c1-18-8-13-23(14-9-18)16-19-5-4-10-24(17-19)21(26)15-20-6-7-22(29-20)30(27,28)25-11-2-3-12-25/h6-7,18-19H,2-5,8-17H2,1H3. The summed E-state index contributed by atoms with van der Waals surface area (Å²) in [5, 5.41) is 0. The summed E-state index contributed by atoms with van der Waals surface area (Å²) in [6.45, 7) is 8.72. The Hall–Kier alpha value is -0.960. The van der Waals surface area contributed by atoms with Crippen LogP contribution in [0.1, 0.15) is 50.3 Å². The van der Waals surface area contributed by atoms with Crippen LogP contribution in [0, 0.1) is 11.8 Å². The van der Waals surface area contributed by atoms with Crippen LogP contribution in [0.25, 0.3) is 0 Å². The summed E-state index contributed by atoms with van der Waals surface area (Å²) < 4.78 is 27.4. The molecule has 1 aromatic rings. The zero-order valence-corrected chi connectivity index (χ0v) is 19.7. The molecule has 0 N–H and O–H groups in total. The van der Waals surface area contributed by atoms with E-state index < -0.39 is 10.0 Å². The molecule has 1 amide bonds. The van der Waals surface area contributed by atoms with Crippen LogP contribution in [0.5, 0.6) is 0 Å². The van der Waals surface area contributed by atoms with Gasteiger partial charge in [0, 0.05) is 37.6 Å². The Kier molecular flexibility index (Phi) is 7.17. The molecule has 4 heterocycles. The molecule has 8 heteroatoms. The lowest BCUT2D eigenvalue weighted by atomic mass is 9.94. The Morgan fingerprint density at radius 1 is 1.03 bits per heavy atom. The summed E-state index contributed by atoms with van der Waals surface area (Å²) in [6.07, 6.45) is 7.03. The van der Waals surface area contributed by atoms with E-state index in [9.17, 15) is 13.2 Å². The van der Waals surface area contributed by atoms with Crippen molar-refractivity contribution in [3.63, 3.8) is 0 Å². The second-order valence-corrected chi connectivity index (χ2v) is 12.7. The molecule has 3 fully saturated rings. The molecule has 0 saturated carbocycles. The number of nitrogens with zero attached hydrogens (tertiary/aromatic N) is 3. The molecule has 0 aliphatic carbocycles. The van der Waals surface area contributed by atoms with Gasteiger partial charge in [-0.1, -0.05) is 6.92 Å². The number of sulfonamides is 1. The fourth-order valence-corrected chi connectivity index (χ4v) is 7.98. The number of carbonyl (C=O) groups is 1. The Labute approximate surface area is 185 Å². The molecule has 6 nitrogen and oxygen atoms in total. The smallest absolute Gasteiger partial charge is 0.252 e. The van der Waals surface area contributed by atoms with E-state index in [1.54, 1.807) is 10.4 Å². The lowest BCUT2D eigenvalue weighted by molar-refractivity contribution is -0.132. The Morgan fingerprint density at radius 2 is 1.77 bits per heavy atom. The van der Waals surface area contributed by atoms with Crippen molar-refractivity contribution in [3.8, 4) is 0 Å². The van der Waals surface area contributed by atoms with Crippen molar-refractivity contribution in [2.75, 3.05) is 45.8 Å². The van der Waals surface area contributed by atoms with Crippen LogP contribution in [-0.2, 0) is 21.2 Å². The van der Waals surface area contributed by atoms with Crippen molar-refractivity contribution in [2.45, 2.75) is 56.1 Å². The van der Waals surface area contributed by atoms with E-state index >= 15 is 0 Å². The van der Waals surface area contributed by atoms with Gasteiger partial charge < -0.3 is 9.80 Å². The molecule has 168 valence electrons. The maximum absolute atomic E-state index is 12.9. The second kappa shape index (κ2) is 9.67. The normalized spacial score (nSPS) is 25.1. The highest BCUT2D eigenvalue weighted by atomic mass is 32.2. The monoisotopic (exact) mass is 453 g/mol. The van der Waals surface area contributed by atoms with E-state index in [2.05, 4.69) is 11.8 Å². The molecular weight excluding hydrogens is 418 g/mol. The number of carbonyl (C=O) groups excluding carboxylic acids is 1. The minimum atomic E-state index is -3.39. The molecule has 3 saturated heterocycles. The number of thiophene rings is 1. The molecule has 3 aliphatic heterocycles. The van der Waals surface area contributed by atoms with Gasteiger partial charge in [0.25, 0.3) is 10.0 Å². The van der Waals surface area contributed by atoms with Crippen LogP contribution in [0.2, 0.25) is 0 Å². The van der Waals surface area contributed by atoms with E-state index in [0.717, 1.165) is 49.7 Å². The fourth-order valence-electron chi connectivity index (χ4n) is 4.96. The van der Waals surface area contributed by atoms with Gasteiger partial charge in [-0.2, -0.15) is 4.31 Å². The number of likely N-dealkylation sites (tertiary alicyclic amines) is 2. The molecule has 0 bridgehead atoms. The average Bonchev–Trinajstić information content (AvgIpc) is 3.43. The van der Waals surface area contributed by atoms with Gasteiger partial charge in [-0.25, -0.2) is 8.42 Å². The molecule has 1 atom stereocenters. The van der Waals surface area contributed by atoms with Crippen molar-refractivity contribution >= 4 is 27.3 Å². The number of piperidine rings is 2. The zero-order chi connectivity index (χ0) is 21.1. The zero-order valence-electron chi connectivity index (χ0n) is 18.1. The lowest BCUT2D eigenvalue weighted by Crippen LogP contribution is -2.45. The van der Waals surface area contributed by atoms with Crippen LogP contribution in [0.3, 0.4) is 0 Å². The molecule has 0 spiro atoms. The van der Waals surface area contributed by atoms with Gasteiger partial charge in [0.05, 0.1) is 6.42 Å². The van der Waals surface area contributed by atoms with Gasteiger partial charge in [-0.05, 0) is 75.6 Å². The summed E-state index contributed by atoms with van der Waals surface area (Å²) >= 11 is 1.26. The maximum Gasteiger partial charge on any atom is 0.252 e. The summed E-state index contributed by atoms with van der Waals surface area (Å²) in [5.74, 6) is 1.54. The quantitative estimate of drug-likeness (QED) is 0.664. The third kappa shape index (κ3) is 5.26. The number of hydrogen-bond donors (Lipinski definition) is 0. The van der Waals surface area contributed by atoms with Gasteiger partial charge >= 0.3 is 0 Å². The first-order valence-electron chi connectivity index (χ1n) is 11.5. The average molecular weight is 454 g/mol. The highest BCUT2D eigenvalue weighted by Gasteiger charge is 2.30. The van der Waals surface area contributed by atoms with Crippen molar-refractivity contribution < 1.29 is 13.2 Å². The molecule has 1 unspecified atom stereocenters. The Bertz CT molecular complexity index is 824. The molecule has 0 radical (unpaired) electrons. The first-order chi connectivity index (χ1) is 14.4. The lowest BCUT2D eigenvalue weighted by Gasteiger charge is -2.37. The van der Waals surface area contributed by atoms with Gasteiger partial charge in [-0.3, -0.25) is 4.79 Å². The first-order valence-corrected chi connectivity index (χ1v) is 13.8. The summed E-state index contributed by atoms with van der Waals surface area (Å²) in [7, 11) is -3.39. The summed E-state index contributed by atoms with van der Waals surface area (Å²) in [4.78, 5) is 18.4. The Morgan fingerprint density at radius 3 is 2.50 bits per heavy atom. The van der Waals surface area contributed by atoms with Crippen molar-refractivity contribution in [2.24, 2.45) is 11.8 Å². The second-order valence-electron chi connectivity index (χ2n) is 9.34. The molecule has 4 rings (SSSR count). The minimum Gasteiger partial charge on any atom is -0.342 e. The van der Waals surface area contributed by atoms with Crippen LogP contribution in [0.4, 0.5) is 0 Å². The van der Waals surface area contributed by atoms with Crippen LogP contribution in [0.15, 0.2) is 16.3 Å². The van der Waals surface area contributed by atoms with Crippen LogP contribution in [-0.4, -0.2) is 74.2 Å². The van der Waals surface area contributed by atoms with E-state index in [0.29, 0.717) is 29.6 Å². The number of rotatable bonds is 6. The number of hydrogen-bond acceptors (Lipinski definition) is 5. The maximum atomic E-state index is 12.9. The number of amides is 1. The van der Waals surface area contributed by atoms with E-state index in [1.807, 2.05) is 11.0 Å². The van der Waals surface area contributed by atoms with E-state index in [-0.39, 0.29) is 5.91 Å². The molecule has 1 aromatic heterocycles. The Balaban J connectivity index is 1.31. The largest absolute Gasteiger partial charge is 0.342 e. The minimum absolute atomic E-state index is 0.138. The SMILES string of the molecule is CC1CCN(CC2CCCN(C(=O)Cc3ccc(S(=O)(=O)N4CCCC4)s3)C2)CC1. The predicted molar refractivity (Wildman–Crippen MR) is 120 cm³/mol. The third-order valence-corrected chi connectivity index (χ3v) is 10.3. The highest BCUT2D eigenvalue weighted by molar-refractivity contribution is 7.91. The van der Waals surface area contributed by atoms with Crippen LogP contribution < -0.4 is 0 Å². The van der Waals surface area contributed by atoms with E-state index in [4.69, 9.17) is 0 Å². The summed E-state index contributed by atoms with van der Waals surface area (Å²) in [6, 6.07) is 3.50.